The molecule has 2 aromatic heterocycles. The zero-order chi connectivity index (χ0) is 20.9. The largest absolute Gasteiger partial charge is 0.463 e. The number of hydrogen-bond donors (Lipinski definition) is 1. The van der Waals surface area contributed by atoms with Gasteiger partial charge < -0.3 is 9.73 Å². The first-order chi connectivity index (χ1) is 14.6. The summed E-state index contributed by atoms with van der Waals surface area (Å²) in [6.45, 7) is 0.444. The number of aromatic nitrogens is 2. The van der Waals surface area contributed by atoms with E-state index in [-0.39, 0.29) is 17.3 Å². The molecule has 4 aromatic rings. The Morgan fingerprint density at radius 1 is 1.07 bits per heavy atom. The Balaban J connectivity index is 1.63. The van der Waals surface area contributed by atoms with Crippen molar-refractivity contribution in [2.45, 2.75) is 6.42 Å². The van der Waals surface area contributed by atoms with Gasteiger partial charge in [0.2, 0.25) is 0 Å². The molecule has 2 heterocycles. The number of carbonyl (C=O) groups excluding carboxylic acids is 1. The number of carbonyl (C=O) groups is 1. The minimum Gasteiger partial charge on any atom is -0.463 e. The van der Waals surface area contributed by atoms with E-state index in [1.807, 2.05) is 30.3 Å². The van der Waals surface area contributed by atoms with Crippen molar-refractivity contribution in [1.29, 1.82) is 0 Å². The maximum absolute atomic E-state index is 12.9. The summed E-state index contributed by atoms with van der Waals surface area (Å²) in [5, 5.41) is 18.5. The van der Waals surface area contributed by atoms with Crippen LogP contribution in [0.3, 0.4) is 0 Å². The van der Waals surface area contributed by atoms with Gasteiger partial charge in [-0.05, 0) is 30.2 Å². The number of non-ortho nitro benzene ring substituents is 1. The second kappa shape index (κ2) is 8.44. The normalized spacial score (nSPS) is 10.7. The smallest absolute Gasteiger partial charge is 0.271 e. The molecular formula is C22H18N4O4. The second-order valence-corrected chi connectivity index (χ2v) is 6.57. The molecule has 2 aromatic carbocycles. The van der Waals surface area contributed by atoms with Gasteiger partial charge in [-0.3, -0.25) is 14.9 Å². The molecular weight excluding hydrogens is 384 g/mol. The lowest BCUT2D eigenvalue weighted by molar-refractivity contribution is -0.384. The molecule has 0 bridgehead atoms. The van der Waals surface area contributed by atoms with E-state index in [0.29, 0.717) is 30.1 Å². The monoisotopic (exact) mass is 402 g/mol. The average molecular weight is 402 g/mol. The Kier molecular flexibility index (Phi) is 5.38. The van der Waals surface area contributed by atoms with Crippen LogP contribution in [-0.2, 0) is 6.42 Å². The number of furan rings is 1. The van der Waals surface area contributed by atoms with Gasteiger partial charge in [0.25, 0.3) is 11.6 Å². The molecule has 1 amide bonds. The molecule has 0 aliphatic heterocycles. The lowest BCUT2D eigenvalue weighted by Crippen LogP contribution is -2.27. The number of nitro groups is 1. The highest BCUT2D eigenvalue weighted by molar-refractivity contribution is 5.94. The highest BCUT2D eigenvalue weighted by Crippen LogP contribution is 2.24. The molecule has 0 spiro atoms. The Labute approximate surface area is 171 Å². The number of amides is 1. The molecule has 0 aliphatic rings. The summed E-state index contributed by atoms with van der Waals surface area (Å²) < 4.78 is 6.78. The molecule has 0 fully saturated rings. The third-order valence-electron chi connectivity index (χ3n) is 4.54. The lowest BCUT2D eigenvalue weighted by Gasteiger charge is -2.08. The molecule has 30 heavy (non-hydrogen) atoms. The number of nitrogens with zero attached hydrogens (tertiary/aromatic N) is 3. The highest BCUT2D eigenvalue weighted by Gasteiger charge is 2.20. The third-order valence-corrected chi connectivity index (χ3v) is 4.54. The number of nitrogens with one attached hydrogen (secondary N) is 1. The van der Waals surface area contributed by atoms with E-state index in [1.54, 1.807) is 30.3 Å². The first-order valence-corrected chi connectivity index (χ1v) is 9.33. The van der Waals surface area contributed by atoms with Crippen LogP contribution in [0.15, 0.2) is 83.5 Å². The maximum Gasteiger partial charge on any atom is 0.271 e. The lowest BCUT2D eigenvalue weighted by atomic mass is 10.1. The van der Waals surface area contributed by atoms with Gasteiger partial charge in [0.1, 0.15) is 11.4 Å². The predicted molar refractivity (Wildman–Crippen MR) is 110 cm³/mol. The van der Waals surface area contributed by atoms with Gasteiger partial charge in [0, 0.05) is 24.7 Å². The predicted octanol–water partition coefficient (Wildman–Crippen LogP) is 4.01. The topological polar surface area (TPSA) is 103 Å². The first-order valence-electron chi connectivity index (χ1n) is 9.33. The number of benzene rings is 2. The summed E-state index contributed by atoms with van der Waals surface area (Å²) >= 11 is 0. The van der Waals surface area contributed by atoms with Crippen LogP contribution in [0, 0.1) is 10.1 Å². The molecule has 0 unspecified atom stereocenters. The first kappa shape index (κ1) is 19.1. The molecule has 150 valence electrons. The van der Waals surface area contributed by atoms with Gasteiger partial charge in [-0.25, -0.2) is 4.68 Å². The SMILES string of the molecule is O=C(NCCc1ccccc1)c1cc(-c2ccco2)nn1-c1cccc([N+](=O)[O-])c1. The van der Waals surface area contributed by atoms with Crippen molar-refractivity contribution in [1.82, 2.24) is 15.1 Å². The summed E-state index contributed by atoms with van der Waals surface area (Å²) in [5.41, 5.74) is 2.16. The van der Waals surface area contributed by atoms with Gasteiger partial charge in [-0.15, -0.1) is 0 Å². The maximum atomic E-state index is 12.9. The molecule has 8 nitrogen and oxygen atoms in total. The van der Waals surface area contributed by atoms with Gasteiger partial charge in [-0.1, -0.05) is 36.4 Å². The van der Waals surface area contributed by atoms with Crippen LogP contribution < -0.4 is 5.32 Å². The van der Waals surface area contributed by atoms with Crippen molar-refractivity contribution in [3.8, 4) is 17.1 Å². The van der Waals surface area contributed by atoms with E-state index in [9.17, 15) is 14.9 Å². The van der Waals surface area contributed by atoms with Crippen LogP contribution in [0.2, 0.25) is 0 Å². The second-order valence-electron chi connectivity index (χ2n) is 6.57. The Bertz CT molecular complexity index is 1170. The van der Waals surface area contributed by atoms with Crippen molar-refractivity contribution in [2.24, 2.45) is 0 Å². The summed E-state index contributed by atoms with van der Waals surface area (Å²) in [7, 11) is 0. The van der Waals surface area contributed by atoms with Crippen molar-refractivity contribution in [3.05, 3.63) is 100 Å². The molecule has 0 saturated heterocycles. The van der Waals surface area contributed by atoms with Gasteiger partial charge in [0.15, 0.2) is 5.76 Å². The standard InChI is InChI=1S/C22H18N4O4/c27-22(23-12-11-16-6-2-1-3-7-16)20-15-19(21-10-5-13-30-21)24-25(20)17-8-4-9-18(14-17)26(28)29/h1-10,13-15H,11-12H2,(H,23,27). The highest BCUT2D eigenvalue weighted by atomic mass is 16.6. The fraction of sp³-hybridized carbons (Fsp3) is 0.0909. The van der Waals surface area contributed by atoms with E-state index < -0.39 is 4.92 Å². The molecule has 0 atom stereocenters. The van der Waals surface area contributed by atoms with Crippen molar-refractivity contribution in [2.75, 3.05) is 6.54 Å². The van der Waals surface area contributed by atoms with Crippen molar-refractivity contribution >= 4 is 11.6 Å². The zero-order valence-corrected chi connectivity index (χ0v) is 15.9. The third kappa shape index (κ3) is 4.12. The van der Waals surface area contributed by atoms with Crippen LogP contribution in [0.5, 0.6) is 0 Å². The molecule has 0 radical (unpaired) electrons. The van der Waals surface area contributed by atoms with E-state index in [0.717, 1.165) is 5.56 Å². The zero-order valence-electron chi connectivity index (χ0n) is 15.9. The molecule has 4 rings (SSSR count). The van der Waals surface area contributed by atoms with Crippen LogP contribution in [0.4, 0.5) is 5.69 Å². The van der Waals surface area contributed by atoms with E-state index in [2.05, 4.69) is 10.4 Å². The van der Waals surface area contributed by atoms with E-state index in [4.69, 9.17) is 4.42 Å². The minimum atomic E-state index is -0.486. The van der Waals surface area contributed by atoms with E-state index in [1.165, 1.54) is 23.1 Å². The number of hydrogen-bond acceptors (Lipinski definition) is 5. The van der Waals surface area contributed by atoms with E-state index >= 15 is 0 Å². The van der Waals surface area contributed by atoms with Crippen LogP contribution in [-0.4, -0.2) is 27.2 Å². The van der Waals surface area contributed by atoms with Crippen LogP contribution >= 0.6 is 0 Å². The van der Waals surface area contributed by atoms with Crippen LogP contribution in [0.1, 0.15) is 16.1 Å². The fourth-order valence-electron chi connectivity index (χ4n) is 3.08. The fourth-order valence-corrected chi connectivity index (χ4v) is 3.08. The molecule has 1 N–H and O–H groups in total. The number of rotatable bonds is 7. The van der Waals surface area contributed by atoms with Crippen molar-refractivity contribution in [3.63, 3.8) is 0 Å². The molecule has 8 heteroatoms. The van der Waals surface area contributed by atoms with Crippen LogP contribution in [0.25, 0.3) is 17.1 Å². The molecule has 0 saturated carbocycles. The van der Waals surface area contributed by atoms with Gasteiger partial charge >= 0.3 is 0 Å². The minimum absolute atomic E-state index is 0.0852. The number of nitro benzene ring substituents is 1. The Morgan fingerprint density at radius 3 is 2.63 bits per heavy atom. The van der Waals surface area contributed by atoms with Gasteiger partial charge in [-0.2, -0.15) is 5.10 Å². The summed E-state index contributed by atoms with van der Waals surface area (Å²) in [6.07, 6.45) is 2.20. The summed E-state index contributed by atoms with van der Waals surface area (Å²) in [6, 6.07) is 20.9. The molecule has 0 aliphatic carbocycles. The Hall–Kier alpha value is -4.20. The van der Waals surface area contributed by atoms with Crippen molar-refractivity contribution < 1.29 is 14.1 Å². The van der Waals surface area contributed by atoms with Gasteiger partial charge in [0.05, 0.1) is 16.9 Å². The average Bonchev–Trinajstić information content (AvgIpc) is 3.44. The summed E-state index contributed by atoms with van der Waals surface area (Å²) in [4.78, 5) is 23.6. The quantitative estimate of drug-likeness (QED) is 0.372. The summed E-state index contributed by atoms with van der Waals surface area (Å²) in [5.74, 6) is 0.167. The Morgan fingerprint density at radius 2 is 1.90 bits per heavy atom.